The topological polar surface area (TPSA) is 91.8 Å². The van der Waals surface area contributed by atoms with Gasteiger partial charge in [0, 0.05) is 33.3 Å². The van der Waals surface area contributed by atoms with Crippen LogP contribution in [0, 0.1) is 0 Å². The minimum atomic E-state index is -3.53. The first-order valence-electron chi connectivity index (χ1n) is 10.7. The number of nitrogens with one attached hydrogen (secondary N) is 3. The summed E-state index contributed by atoms with van der Waals surface area (Å²) < 4.78 is 33.0. The number of guanidine groups is 1. The zero-order valence-corrected chi connectivity index (χ0v) is 21.7. The van der Waals surface area contributed by atoms with Crippen molar-refractivity contribution < 1.29 is 13.2 Å². The van der Waals surface area contributed by atoms with Gasteiger partial charge in [-0.1, -0.05) is 49.4 Å². The van der Waals surface area contributed by atoms with Crippen LogP contribution in [-0.4, -0.2) is 47.2 Å². The third-order valence-electron chi connectivity index (χ3n) is 5.39. The first kappa shape index (κ1) is 26.6. The van der Waals surface area contributed by atoms with E-state index in [1.54, 1.807) is 19.2 Å². The number of benzene rings is 2. The van der Waals surface area contributed by atoms with Gasteiger partial charge in [-0.15, -0.1) is 24.0 Å². The SMILES string of the molecule is CN=C(NCc1ccc(S(=O)(=O)NCC2CCCO2)cc1)NCC(C)c1ccccc1.I. The van der Waals surface area contributed by atoms with Crippen LogP contribution < -0.4 is 15.4 Å². The fourth-order valence-corrected chi connectivity index (χ4v) is 4.50. The van der Waals surface area contributed by atoms with Crippen LogP contribution in [0.15, 0.2) is 64.5 Å². The largest absolute Gasteiger partial charge is 0.377 e. The molecule has 7 nitrogen and oxygen atoms in total. The van der Waals surface area contributed by atoms with Crippen molar-refractivity contribution in [3.8, 4) is 0 Å². The number of aliphatic imine (C=N–C) groups is 1. The second kappa shape index (κ2) is 13.1. The molecule has 0 radical (unpaired) electrons. The lowest BCUT2D eigenvalue weighted by molar-refractivity contribution is 0.114. The van der Waals surface area contributed by atoms with E-state index in [-0.39, 0.29) is 35.0 Å². The molecule has 2 aromatic rings. The number of nitrogens with zero attached hydrogens (tertiary/aromatic N) is 1. The van der Waals surface area contributed by atoms with E-state index in [1.807, 2.05) is 30.3 Å². The molecule has 0 amide bonds. The van der Waals surface area contributed by atoms with Crippen LogP contribution in [0.1, 0.15) is 36.8 Å². The van der Waals surface area contributed by atoms with E-state index < -0.39 is 10.0 Å². The Labute approximate surface area is 208 Å². The van der Waals surface area contributed by atoms with Crippen LogP contribution in [0.5, 0.6) is 0 Å². The molecule has 0 aliphatic carbocycles. The highest BCUT2D eigenvalue weighted by atomic mass is 127. The van der Waals surface area contributed by atoms with E-state index in [1.165, 1.54) is 5.56 Å². The van der Waals surface area contributed by atoms with E-state index >= 15 is 0 Å². The minimum Gasteiger partial charge on any atom is -0.377 e. The third kappa shape index (κ3) is 8.02. The van der Waals surface area contributed by atoms with Gasteiger partial charge in [-0.25, -0.2) is 13.1 Å². The third-order valence-corrected chi connectivity index (χ3v) is 6.83. The Bertz CT molecular complexity index is 947. The van der Waals surface area contributed by atoms with Gasteiger partial charge in [0.25, 0.3) is 0 Å². The molecular formula is C23H33IN4O3S. The highest BCUT2D eigenvalue weighted by Crippen LogP contribution is 2.15. The monoisotopic (exact) mass is 572 g/mol. The van der Waals surface area contributed by atoms with Crippen molar-refractivity contribution in [2.75, 3.05) is 26.7 Å². The summed E-state index contributed by atoms with van der Waals surface area (Å²) in [7, 11) is -1.80. The Hall–Kier alpha value is -1.69. The standard InChI is InChI=1S/C23H32N4O3S.HI/c1-18(20-7-4-3-5-8-20)15-25-23(24-2)26-16-19-10-12-22(13-11-19)31(28,29)27-17-21-9-6-14-30-21;/h3-5,7-8,10-13,18,21,27H,6,9,14-17H2,1-2H3,(H2,24,25,26);1H. The summed E-state index contributed by atoms with van der Waals surface area (Å²) in [5.41, 5.74) is 2.24. The second-order valence-electron chi connectivity index (χ2n) is 7.75. The van der Waals surface area contributed by atoms with Crippen molar-refractivity contribution in [2.45, 2.75) is 43.2 Å². The molecule has 1 heterocycles. The van der Waals surface area contributed by atoms with Gasteiger partial charge in [0.15, 0.2) is 5.96 Å². The number of hydrogen-bond donors (Lipinski definition) is 3. The molecule has 1 aliphatic rings. The summed E-state index contributed by atoms with van der Waals surface area (Å²) in [6, 6.07) is 17.2. The summed E-state index contributed by atoms with van der Waals surface area (Å²) in [4.78, 5) is 4.52. The molecule has 0 saturated carbocycles. The average molecular weight is 573 g/mol. The molecule has 2 atom stereocenters. The molecule has 2 unspecified atom stereocenters. The van der Waals surface area contributed by atoms with Gasteiger partial charge in [0.05, 0.1) is 11.0 Å². The predicted molar refractivity (Wildman–Crippen MR) is 139 cm³/mol. The number of hydrogen-bond acceptors (Lipinski definition) is 4. The van der Waals surface area contributed by atoms with E-state index in [0.717, 1.165) is 24.9 Å². The molecule has 0 spiro atoms. The lowest BCUT2D eigenvalue weighted by Gasteiger charge is -2.16. The highest BCUT2D eigenvalue weighted by molar-refractivity contribution is 14.0. The van der Waals surface area contributed by atoms with E-state index in [0.29, 0.717) is 31.6 Å². The Morgan fingerprint density at radius 1 is 1.12 bits per heavy atom. The molecular weight excluding hydrogens is 539 g/mol. The van der Waals surface area contributed by atoms with E-state index in [2.05, 4.69) is 39.4 Å². The molecule has 3 N–H and O–H groups in total. The first-order valence-corrected chi connectivity index (χ1v) is 12.2. The summed E-state index contributed by atoms with van der Waals surface area (Å²) in [5.74, 6) is 1.06. The zero-order chi connectivity index (χ0) is 22.1. The molecule has 1 saturated heterocycles. The van der Waals surface area contributed by atoms with Gasteiger partial charge < -0.3 is 15.4 Å². The molecule has 2 aromatic carbocycles. The van der Waals surface area contributed by atoms with Crippen molar-refractivity contribution in [1.29, 1.82) is 0 Å². The van der Waals surface area contributed by atoms with Gasteiger partial charge in [0.2, 0.25) is 10.0 Å². The van der Waals surface area contributed by atoms with Gasteiger partial charge >= 0.3 is 0 Å². The summed E-state index contributed by atoms with van der Waals surface area (Å²) in [6.45, 7) is 4.49. The van der Waals surface area contributed by atoms with Crippen molar-refractivity contribution >= 4 is 40.0 Å². The molecule has 0 aromatic heterocycles. The maximum absolute atomic E-state index is 12.5. The van der Waals surface area contributed by atoms with E-state index in [4.69, 9.17) is 4.74 Å². The average Bonchev–Trinajstić information content (AvgIpc) is 3.32. The van der Waals surface area contributed by atoms with Gasteiger partial charge in [-0.2, -0.15) is 0 Å². The molecule has 9 heteroatoms. The van der Waals surface area contributed by atoms with Crippen LogP contribution in [0.2, 0.25) is 0 Å². The Balaban J connectivity index is 0.00000363. The Morgan fingerprint density at radius 2 is 1.84 bits per heavy atom. The lowest BCUT2D eigenvalue weighted by Crippen LogP contribution is -2.38. The normalized spacial score (nSPS) is 17.4. The van der Waals surface area contributed by atoms with Gasteiger partial charge in [-0.3, -0.25) is 4.99 Å². The van der Waals surface area contributed by atoms with Gasteiger partial charge in [-0.05, 0) is 42.0 Å². The number of halogens is 1. The Morgan fingerprint density at radius 3 is 2.47 bits per heavy atom. The molecule has 0 bridgehead atoms. The number of sulfonamides is 1. The number of rotatable bonds is 9. The van der Waals surface area contributed by atoms with Crippen LogP contribution in [-0.2, 0) is 21.3 Å². The zero-order valence-electron chi connectivity index (χ0n) is 18.6. The van der Waals surface area contributed by atoms with Crippen molar-refractivity contribution in [2.24, 2.45) is 4.99 Å². The van der Waals surface area contributed by atoms with Crippen molar-refractivity contribution in [1.82, 2.24) is 15.4 Å². The summed E-state index contributed by atoms with van der Waals surface area (Å²) in [5, 5.41) is 6.61. The molecule has 32 heavy (non-hydrogen) atoms. The van der Waals surface area contributed by atoms with Crippen molar-refractivity contribution in [3.05, 3.63) is 65.7 Å². The highest BCUT2D eigenvalue weighted by Gasteiger charge is 2.20. The summed E-state index contributed by atoms with van der Waals surface area (Å²) >= 11 is 0. The number of ether oxygens (including phenoxy) is 1. The molecule has 3 rings (SSSR count). The maximum atomic E-state index is 12.5. The predicted octanol–water partition coefficient (Wildman–Crippen LogP) is 3.23. The van der Waals surface area contributed by atoms with Crippen LogP contribution in [0.4, 0.5) is 0 Å². The Kier molecular flexibility index (Phi) is 10.9. The molecule has 1 fully saturated rings. The van der Waals surface area contributed by atoms with E-state index in [9.17, 15) is 8.42 Å². The lowest BCUT2D eigenvalue weighted by atomic mass is 10.0. The van der Waals surface area contributed by atoms with Gasteiger partial charge in [0.1, 0.15) is 0 Å². The van der Waals surface area contributed by atoms with Crippen LogP contribution >= 0.6 is 24.0 Å². The molecule has 1 aliphatic heterocycles. The molecule has 176 valence electrons. The fourth-order valence-electron chi connectivity index (χ4n) is 3.43. The maximum Gasteiger partial charge on any atom is 0.240 e. The smallest absolute Gasteiger partial charge is 0.240 e. The second-order valence-corrected chi connectivity index (χ2v) is 9.52. The fraction of sp³-hybridized carbons (Fsp3) is 0.435. The minimum absolute atomic E-state index is 0. The van der Waals surface area contributed by atoms with Crippen LogP contribution in [0.25, 0.3) is 0 Å². The summed E-state index contributed by atoms with van der Waals surface area (Å²) in [6.07, 6.45) is 1.85. The first-order chi connectivity index (χ1) is 15.0. The van der Waals surface area contributed by atoms with Crippen molar-refractivity contribution in [3.63, 3.8) is 0 Å². The van der Waals surface area contributed by atoms with Crippen LogP contribution in [0.3, 0.4) is 0 Å². The quantitative estimate of drug-likeness (QED) is 0.244.